The molecule has 0 bridgehead atoms. The van der Waals surface area contributed by atoms with Gasteiger partial charge in [-0.25, -0.2) is 9.97 Å². The Hall–Kier alpha value is -3.74. The minimum Gasteiger partial charge on any atom is -0.381 e. The third kappa shape index (κ3) is 6.68. The van der Waals surface area contributed by atoms with Crippen LogP contribution in [-0.4, -0.2) is 107 Å². The number of aryl methyl sites for hydroxylation is 1. The molecule has 7 rings (SSSR count). The molecular formula is C35H50N10O2. The highest BCUT2D eigenvalue weighted by atomic mass is 16.5. The van der Waals surface area contributed by atoms with Crippen LogP contribution in [-0.2, 0) is 4.74 Å². The molecule has 4 aliphatic rings. The van der Waals surface area contributed by atoms with Gasteiger partial charge in [-0.1, -0.05) is 13.8 Å². The average Bonchev–Trinajstić information content (AvgIpc) is 3.71. The Kier molecular flexibility index (Phi) is 8.84. The highest BCUT2D eigenvalue weighted by Gasteiger charge is 2.51. The zero-order valence-corrected chi connectivity index (χ0v) is 28.3. The van der Waals surface area contributed by atoms with E-state index in [0.29, 0.717) is 41.6 Å². The lowest BCUT2D eigenvalue weighted by atomic mass is 9.92. The minimum atomic E-state index is -0.645. The number of hydrogen-bond acceptors (Lipinski definition) is 10. The number of primary amides is 1. The van der Waals surface area contributed by atoms with Crippen molar-refractivity contribution < 1.29 is 9.53 Å². The maximum absolute atomic E-state index is 12.8. The third-order valence-electron chi connectivity index (χ3n) is 10.7. The summed E-state index contributed by atoms with van der Waals surface area (Å²) in [6.07, 6.45) is 5.50. The van der Waals surface area contributed by atoms with Crippen molar-refractivity contribution in [1.29, 1.82) is 0 Å². The van der Waals surface area contributed by atoms with Crippen LogP contribution < -0.4 is 21.3 Å². The number of carbonyl (C=O) groups is 1. The second-order valence-corrected chi connectivity index (χ2v) is 14.4. The first-order valence-electron chi connectivity index (χ1n) is 17.4. The minimum absolute atomic E-state index is 0.0838. The van der Waals surface area contributed by atoms with Crippen LogP contribution in [0.1, 0.15) is 73.6 Å². The molecule has 1 atom stereocenters. The third-order valence-corrected chi connectivity index (χ3v) is 10.7. The van der Waals surface area contributed by atoms with Gasteiger partial charge in [0, 0.05) is 80.4 Å². The number of rotatable bonds is 9. The van der Waals surface area contributed by atoms with Gasteiger partial charge in [-0.15, -0.1) is 0 Å². The normalized spacial score (nSPS) is 22.1. The summed E-state index contributed by atoms with van der Waals surface area (Å²) in [5.74, 6) is 0.595. The van der Waals surface area contributed by atoms with Gasteiger partial charge >= 0.3 is 0 Å². The number of nitrogens with two attached hydrogens (primary N) is 1. The number of carbonyl (C=O) groups excluding carboxylic acids is 1. The summed E-state index contributed by atoms with van der Waals surface area (Å²) in [7, 11) is 2.22. The Labute approximate surface area is 277 Å². The van der Waals surface area contributed by atoms with Crippen LogP contribution in [0.4, 0.5) is 23.0 Å². The molecule has 1 unspecified atom stereocenters. The molecule has 5 N–H and O–H groups in total. The largest absolute Gasteiger partial charge is 0.381 e. The second-order valence-electron chi connectivity index (χ2n) is 14.4. The highest BCUT2D eigenvalue weighted by Crippen LogP contribution is 2.52. The number of nitrogens with one attached hydrogen (secondary N) is 3. The van der Waals surface area contributed by atoms with Crippen LogP contribution in [0.2, 0.25) is 0 Å². The predicted octanol–water partition coefficient (Wildman–Crippen LogP) is 4.34. The van der Waals surface area contributed by atoms with Crippen molar-refractivity contribution in [3.8, 4) is 11.4 Å². The second kappa shape index (κ2) is 13.0. The zero-order valence-electron chi connectivity index (χ0n) is 28.3. The van der Waals surface area contributed by atoms with Crippen molar-refractivity contribution in [2.75, 3.05) is 75.1 Å². The van der Waals surface area contributed by atoms with E-state index in [1.54, 1.807) is 0 Å². The Morgan fingerprint density at radius 1 is 1.04 bits per heavy atom. The number of aromatic amines is 1. The van der Waals surface area contributed by atoms with E-state index in [-0.39, 0.29) is 17.2 Å². The van der Waals surface area contributed by atoms with Crippen LogP contribution >= 0.6 is 0 Å². The van der Waals surface area contributed by atoms with Gasteiger partial charge in [0.15, 0.2) is 17.3 Å². The molecule has 12 nitrogen and oxygen atoms in total. The van der Waals surface area contributed by atoms with Crippen molar-refractivity contribution in [3.63, 3.8) is 0 Å². The van der Waals surface area contributed by atoms with Crippen molar-refractivity contribution >= 4 is 28.9 Å². The molecule has 47 heavy (non-hydrogen) atoms. The van der Waals surface area contributed by atoms with E-state index in [9.17, 15) is 4.79 Å². The van der Waals surface area contributed by atoms with Gasteiger partial charge in [-0.05, 0) is 81.8 Å². The predicted molar refractivity (Wildman–Crippen MR) is 186 cm³/mol. The monoisotopic (exact) mass is 642 g/mol. The number of amides is 1. The molecule has 1 amide bonds. The lowest BCUT2D eigenvalue weighted by Crippen LogP contribution is -2.52. The highest BCUT2D eigenvalue weighted by molar-refractivity contribution is 5.97. The van der Waals surface area contributed by atoms with Gasteiger partial charge in [-0.2, -0.15) is 5.10 Å². The molecule has 12 heteroatoms. The number of nitrogens with zero attached hydrogens (tertiary/aromatic N) is 6. The quantitative estimate of drug-likeness (QED) is 0.267. The Balaban J connectivity index is 1.15. The van der Waals surface area contributed by atoms with Gasteiger partial charge in [-0.3, -0.25) is 14.8 Å². The summed E-state index contributed by atoms with van der Waals surface area (Å²) in [4.78, 5) is 30.3. The summed E-state index contributed by atoms with van der Waals surface area (Å²) in [5.41, 5.74) is 11.5. The molecule has 252 valence electrons. The van der Waals surface area contributed by atoms with Crippen molar-refractivity contribution in [1.82, 2.24) is 30.0 Å². The van der Waals surface area contributed by atoms with Gasteiger partial charge in [0.05, 0.1) is 6.61 Å². The summed E-state index contributed by atoms with van der Waals surface area (Å²) in [6.45, 7) is 14.6. The molecule has 1 saturated carbocycles. The van der Waals surface area contributed by atoms with E-state index in [1.807, 2.05) is 13.0 Å². The number of ether oxygens (including phenoxy) is 1. The number of benzene rings is 1. The first-order chi connectivity index (χ1) is 22.7. The lowest BCUT2D eigenvalue weighted by molar-refractivity contribution is 0.0351. The van der Waals surface area contributed by atoms with E-state index in [0.717, 1.165) is 63.4 Å². The molecular weight excluding hydrogens is 592 g/mol. The average molecular weight is 643 g/mol. The van der Waals surface area contributed by atoms with Crippen LogP contribution in [0, 0.1) is 12.3 Å². The molecule has 0 radical (unpaired) electrons. The molecule has 3 saturated heterocycles. The smallest absolute Gasteiger partial charge is 0.271 e. The number of aromatic nitrogens is 4. The van der Waals surface area contributed by atoms with E-state index in [1.165, 1.54) is 37.2 Å². The van der Waals surface area contributed by atoms with Crippen molar-refractivity contribution in [3.05, 3.63) is 41.2 Å². The molecule has 1 aliphatic carbocycles. The maximum atomic E-state index is 12.8. The van der Waals surface area contributed by atoms with E-state index < -0.39 is 5.91 Å². The Morgan fingerprint density at radius 2 is 1.81 bits per heavy atom. The molecule has 5 heterocycles. The van der Waals surface area contributed by atoms with E-state index >= 15 is 0 Å². The fourth-order valence-electron chi connectivity index (χ4n) is 7.62. The van der Waals surface area contributed by atoms with Gasteiger partial charge in [0.1, 0.15) is 11.4 Å². The number of likely N-dealkylation sites (N-methyl/N-ethyl adjacent to an activating group) is 1. The zero-order chi connectivity index (χ0) is 32.7. The fourth-order valence-corrected chi connectivity index (χ4v) is 7.62. The summed E-state index contributed by atoms with van der Waals surface area (Å²) in [5, 5.41) is 14.6. The molecule has 2 aromatic heterocycles. The van der Waals surface area contributed by atoms with Crippen LogP contribution in [0.15, 0.2) is 24.3 Å². The summed E-state index contributed by atoms with van der Waals surface area (Å²) >= 11 is 0. The van der Waals surface area contributed by atoms with Crippen LogP contribution in [0.5, 0.6) is 0 Å². The standard InChI is InChI=1S/C35H50N10O2/c1-22(2)26-20-24(5-6-28(26)45-12-7-25(8-13-45)44-16-14-43(4)15-17-44)37-34-31(32(36)46)39-30(27-19-23(3)41-42-27)33(40-34)38-29-9-18-47-21-35(29)10-11-35/h5-6,19-20,22,25,29H,7-18,21H2,1-4H3,(H2,36,46)(H,41,42)(H2,37,38,40). The molecule has 4 fully saturated rings. The van der Waals surface area contributed by atoms with E-state index in [2.05, 4.69) is 74.6 Å². The molecule has 3 aliphatic heterocycles. The number of anilines is 4. The SMILES string of the molecule is Cc1cc(-c2nc(C(N)=O)c(Nc3ccc(N4CCC(N5CCN(C)CC5)CC4)c(C(C)C)c3)nc2NC2CCOCC23CC3)n[nH]1. The van der Waals surface area contributed by atoms with Crippen LogP contribution in [0.25, 0.3) is 11.4 Å². The number of H-pyrrole nitrogens is 1. The topological polar surface area (TPSA) is 141 Å². The summed E-state index contributed by atoms with van der Waals surface area (Å²) < 4.78 is 5.83. The number of piperidine rings is 1. The molecule has 1 spiro atoms. The number of piperazine rings is 1. The van der Waals surface area contributed by atoms with Gasteiger partial charge in [0.2, 0.25) is 0 Å². The van der Waals surface area contributed by atoms with Crippen LogP contribution in [0.3, 0.4) is 0 Å². The van der Waals surface area contributed by atoms with Gasteiger partial charge < -0.3 is 30.9 Å². The molecule has 1 aromatic carbocycles. The molecule has 3 aromatic rings. The lowest BCUT2D eigenvalue weighted by Gasteiger charge is -2.43. The van der Waals surface area contributed by atoms with Crippen molar-refractivity contribution in [2.24, 2.45) is 11.1 Å². The van der Waals surface area contributed by atoms with Crippen molar-refractivity contribution in [2.45, 2.75) is 70.9 Å². The fraction of sp³-hybridized carbons (Fsp3) is 0.600. The van der Waals surface area contributed by atoms with E-state index in [4.69, 9.17) is 20.4 Å². The Morgan fingerprint density at radius 3 is 2.47 bits per heavy atom. The summed E-state index contributed by atoms with van der Waals surface area (Å²) in [6, 6.07) is 9.26. The number of hydrogen-bond donors (Lipinski definition) is 4. The van der Waals surface area contributed by atoms with Gasteiger partial charge in [0.25, 0.3) is 5.91 Å². The first-order valence-corrected chi connectivity index (χ1v) is 17.4. The maximum Gasteiger partial charge on any atom is 0.271 e. The first kappa shape index (κ1) is 31.8. The Bertz CT molecular complexity index is 1580.